The van der Waals surface area contributed by atoms with Crippen LogP contribution in [0.25, 0.3) is 0 Å². The van der Waals surface area contributed by atoms with Gasteiger partial charge in [0, 0.05) is 17.8 Å². The van der Waals surface area contributed by atoms with E-state index in [9.17, 15) is 9.59 Å². The predicted octanol–water partition coefficient (Wildman–Crippen LogP) is 1.64. The highest BCUT2D eigenvalue weighted by molar-refractivity contribution is 5.97. The number of benzene rings is 1. The Morgan fingerprint density at radius 2 is 2.26 bits per heavy atom. The van der Waals surface area contributed by atoms with Crippen molar-refractivity contribution in [1.29, 1.82) is 0 Å². The molecule has 5 nitrogen and oxygen atoms in total. The van der Waals surface area contributed by atoms with E-state index in [1.807, 2.05) is 19.1 Å². The lowest BCUT2D eigenvalue weighted by Crippen LogP contribution is -2.35. The van der Waals surface area contributed by atoms with Gasteiger partial charge in [-0.1, -0.05) is 13.3 Å². The normalized spacial score (nSPS) is 15.4. The third-order valence-electron chi connectivity index (χ3n) is 3.20. The summed E-state index contributed by atoms with van der Waals surface area (Å²) in [6.07, 6.45) is 2.74. The second kappa shape index (κ2) is 5.84. The molecule has 1 atom stereocenters. The highest BCUT2D eigenvalue weighted by Crippen LogP contribution is 2.25. The van der Waals surface area contributed by atoms with Crippen molar-refractivity contribution in [1.82, 2.24) is 0 Å². The maximum atomic E-state index is 11.8. The van der Waals surface area contributed by atoms with E-state index in [-0.39, 0.29) is 11.8 Å². The molecule has 2 rings (SSSR count). The number of carbonyl (C=O) groups is 2. The number of aryl methyl sites for hydroxylation is 1. The summed E-state index contributed by atoms with van der Waals surface area (Å²) in [5.74, 6) is -0.129. The summed E-state index contributed by atoms with van der Waals surface area (Å²) in [6, 6.07) is 5.01. The molecule has 0 saturated heterocycles. The zero-order chi connectivity index (χ0) is 13.8. The Balaban J connectivity index is 2.06. The number of carbonyl (C=O) groups excluding carboxylic acids is 2. The molecule has 19 heavy (non-hydrogen) atoms. The summed E-state index contributed by atoms with van der Waals surface area (Å²) < 4.78 is 0. The Hall–Kier alpha value is -1.88. The molecule has 0 spiro atoms. The van der Waals surface area contributed by atoms with Crippen LogP contribution in [0.3, 0.4) is 0 Å². The molecule has 1 aromatic rings. The summed E-state index contributed by atoms with van der Waals surface area (Å²) in [7, 11) is 0. The van der Waals surface area contributed by atoms with E-state index >= 15 is 0 Å². The van der Waals surface area contributed by atoms with E-state index in [4.69, 9.17) is 5.73 Å². The van der Waals surface area contributed by atoms with Gasteiger partial charge in [0.15, 0.2) is 0 Å². The van der Waals surface area contributed by atoms with E-state index in [0.29, 0.717) is 19.3 Å². The van der Waals surface area contributed by atoms with Crippen LogP contribution < -0.4 is 16.4 Å². The molecule has 0 fully saturated rings. The van der Waals surface area contributed by atoms with Gasteiger partial charge in [0.25, 0.3) is 0 Å². The maximum Gasteiger partial charge on any atom is 0.241 e. The summed E-state index contributed by atoms with van der Waals surface area (Å²) >= 11 is 0. The highest BCUT2D eigenvalue weighted by atomic mass is 16.2. The number of fused-ring (bicyclic) bond motifs is 1. The van der Waals surface area contributed by atoms with Crippen molar-refractivity contribution in [2.45, 2.75) is 38.6 Å². The molecule has 1 heterocycles. The van der Waals surface area contributed by atoms with Crippen molar-refractivity contribution in [2.24, 2.45) is 5.73 Å². The lowest BCUT2D eigenvalue weighted by atomic mass is 10.0. The van der Waals surface area contributed by atoms with Crippen LogP contribution >= 0.6 is 0 Å². The molecule has 4 N–H and O–H groups in total. The van der Waals surface area contributed by atoms with Gasteiger partial charge in [-0.25, -0.2) is 0 Å². The zero-order valence-corrected chi connectivity index (χ0v) is 11.0. The van der Waals surface area contributed by atoms with Crippen LogP contribution in [-0.4, -0.2) is 17.9 Å². The van der Waals surface area contributed by atoms with Gasteiger partial charge in [-0.2, -0.15) is 0 Å². The van der Waals surface area contributed by atoms with Gasteiger partial charge in [-0.3, -0.25) is 9.59 Å². The minimum atomic E-state index is -0.472. The second-order valence-corrected chi connectivity index (χ2v) is 4.80. The van der Waals surface area contributed by atoms with Crippen LogP contribution in [0, 0.1) is 0 Å². The molecular weight excluding hydrogens is 242 g/mol. The lowest BCUT2D eigenvalue weighted by Gasteiger charge is -2.18. The Kier molecular flexibility index (Phi) is 4.16. The molecule has 1 aliphatic heterocycles. The fourth-order valence-corrected chi connectivity index (χ4v) is 2.14. The van der Waals surface area contributed by atoms with Gasteiger partial charge in [0.2, 0.25) is 11.8 Å². The summed E-state index contributed by atoms with van der Waals surface area (Å²) in [5.41, 5.74) is 8.36. The van der Waals surface area contributed by atoms with E-state index in [2.05, 4.69) is 10.6 Å². The van der Waals surface area contributed by atoms with Crippen molar-refractivity contribution in [3.05, 3.63) is 23.8 Å². The van der Waals surface area contributed by atoms with Crippen LogP contribution in [0.1, 0.15) is 31.7 Å². The number of nitrogens with one attached hydrogen (secondary N) is 2. The van der Waals surface area contributed by atoms with Gasteiger partial charge in [0.05, 0.1) is 6.04 Å². The second-order valence-electron chi connectivity index (χ2n) is 4.80. The largest absolute Gasteiger partial charge is 0.326 e. The van der Waals surface area contributed by atoms with E-state index in [1.165, 1.54) is 0 Å². The van der Waals surface area contributed by atoms with Gasteiger partial charge in [-0.15, -0.1) is 0 Å². The number of rotatable bonds is 4. The first-order valence-electron chi connectivity index (χ1n) is 6.59. The number of hydrogen-bond acceptors (Lipinski definition) is 3. The fraction of sp³-hybridized carbons (Fsp3) is 0.429. The van der Waals surface area contributed by atoms with Gasteiger partial charge in [-0.05, 0) is 36.6 Å². The standard InChI is InChI=1S/C14H19N3O2/c1-2-3-11(15)14(19)16-10-5-6-12-9(8-10)4-7-13(18)17-12/h5-6,8,11H,2-4,7,15H2,1H3,(H,16,19)(H,17,18)/t11-/m0/s1. The van der Waals surface area contributed by atoms with Gasteiger partial charge < -0.3 is 16.4 Å². The van der Waals surface area contributed by atoms with Crippen molar-refractivity contribution >= 4 is 23.2 Å². The predicted molar refractivity (Wildman–Crippen MR) is 74.9 cm³/mol. The van der Waals surface area contributed by atoms with E-state index < -0.39 is 6.04 Å². The maximum absolute atomic E-state index is 11.8. The number of nitrogens with two attached hydrogens (primary N) is 1. The van der Waals surface area contributed by atoms with E-state index in [0.717, 1.165) is 23.4 Å². The van der Waals surface area contributed by atoms with Gasteiger partial charge >= 0.3 is 0 Å². The molecule has 0 unspecified atom stereocenters. The molecule has 0 saturated carbocycles. The first-order chi connectivity index (χ1) is 9.10. The number of hydrogen-bond donors (Lipinski definition) is 3. The molecular formula is C14H19N3O2. The Bertz CT molecular complexity index is 499. The monoisotopic (exact) mass is 261 g/mol. The number of anilines is 2. The topological polar surface area (TPSA) is 84.2 Å². The van der Waals surface area contributed by atoms with Crippen LogP contribution in [0.4, 0.5) is 11.4 Å². The first-order valence-corrected chi connectivity index (χ1v) is 6.59. The highest BCUT2D eigenvalue weighted by Gasteiger charge is 2.16. The Morgan fingerprint density at radius 1 is 1.47 bits per heavy atom. The first kappa shape index (κ1) is 13.5. The van der Waals surface area contributed by atoms with Crippen molar-refractivity contribution in [3.63, 3.8) is 0 Å². The third kappa shape index (κ3) is 3.32. The average Bonchev–Trinajstić information content (AvgIpc) is 2.39. The molecule has 1 aliphatic rings. The number of amides is 2. The summed E-state index contributed by atoms with van der Waals surface area (Å²) in [4.78, 5) is 23.1. The quantitative estimate of drug-likeness (QED) is 0.770. The van der Waals surface area contributed by atoms with Crippen molar-refractivity contribution in [3.8, 4) is 0 Å². The van der Waals surface area contributed by atoms with Crippen molar-refractivity contribution < 1.29 is 9.59 Å². The molecule has 0 aliphatic carbocycles. The van der Waals surface area contributed by atoms with E-state index in [1.54, 1.807) is 6.07 Å². The molecule has 0 bridgehead atoms. The van der Waals surface area contributed by atoms with Crippen LogP contribution in [0.15, 0.2) is 18.2 Å². The smallest absolute Gasteiger partial charge is 0.241 e. The summed E-state index contributed by atoms with van der Waals surface area (Å²) in [6.45, 7) is 1.99. The fourth-order valence-electron chi connectivity index (χ4n) is 2.14. The van der Waals surface area contributed by atoms with Crippen LogP contribution in [0.5, 0.6) is 0 Å². The van der Waals surface area contributed by atoms with Gasteiger partial charge in [0.1, 0.15) is 0 Å². The van der Waals surface area contributed by atoms with Crippen molar-refractivity contribution in [2.75, 3.05) is 10.6 Å². The molecule has 1 aromatic carbocycles. The average molecular weight is 261 g/mol. The molecule has 5 heteroatoms. The lowest BCUT2D eigenvalue weighted by molar-refractivity contribution is -0.118. The third-order valence-corrected chi connectivity index (χ3v) is 3.20. The zero-order valence-electron chi connectivity index (χ0n) is 11.0. The molecule has 0 radical (unpaired) electrons. The van der Waals surface area contributed by atoms with Crippen LogP contribution in [0.2, 0.25) is 0 Å². The Labute approximate surface area is 112 Å². The summed E-state index contributed by atoms with van der Waals surface area (Å²) in [5, 5.41) is 5.62. The molecule has 2 amide bonds. The Morgan fingerprint density at radius 3 is 3.00 bits per heavy atom. The minimum Gasteiger partial charge on any atom is -0.326 e. The SMILES string of the molecule is CCC[C@H](N)C(=O)Nc1ccc2c(c1)CCC(=O)N2. The van der Waals surface area contributed by atoms with Crippen LogP contribution in [-0.2, 0) is 16.0 Å². The molecule has 102 valence electrons. The molecule has 0 aromatic heterocycles. The minimum absolute atomic E-state index is 0.0363.